The summed E-state index contributed by atoms with van der Waals surface area (Å²) in [5, 5.41) is 9.21. The van der Waals surface area contributed by atoms with E-state index in [4.69, 9.17) is 9.47 Å². The van der Waals surface area contributed by atoms with Crippen molar-refractivity contribution in [2.24, 2.45) is 0 Å². The number of rotatable bonds is 4. The fraction of sp³-hybridized carbons (Fsp3) is 0.500. The van der Waals surface area contributed by atoms with Crippen LogP contribution in [0.4, 0.5) is 5.69 Å². The first-order chi connectivity index (χ1) is 8.92. The average Bonchev–Trinajstić information content (AvgIpc) is 2.32. The second kappa shape index (κ2) is 4.83. The largest absolute Gasteiger partial charge is 0.478 e. The summed E-state index contributed by atoms with van der Waals surface area (Å²) < 4.78 is 10.7. The molecule has 5 heteroatoms. The van der Waals surface area contributed by atoms with E-state index in [1.54, 1.807) is 20.3 Å². The predicted octanol–water partition coefficient (Wildman–Crippen LogP) is 1.81. The van der Waals surface area contributed by atoms with Crippen molar-refractivity contribution in [1.82, 2.24) is 0 Å². The molecule has 0 bridgehead atoms. The molecule has 5 nitrogen and oxygen atoms in total. The Balaban J connectivity index is 2.26. The van der Waals surface area contributed by atoms with E-state index < -0.39 is 11.8 Å². The van der Waals surface area contributed by atoms with Crippen LogP contribution in [0.2, 0.25) is 0 Å². The van der Waals surface area contributed by atoms with Crippen LogP contribution in [0.1, 0.15) is 21.5 Å². The monoisotopic (exact) mass is 265 g/mol. The van der Waals surface area contributed by atoms with Crippen LogP contribution in [0, 0.1) is 13.8 Å². The Kier molecular flexibility index (Phi) is 3.52. The molecular weight excluding hydrogens is 246 g/mol. The lowest BCUT2D eigenvalue weighted by Gasteiger charge is -2.48. The highest BCUT2D eigenvalue weighted by Gasteiger charge is 2.44. The van der Waals surface area contributed by atoms with E-state index in [1.165, 1.54) is 0 Å². The van der Waals surface area contributed by atoms with E-state index >= 15 is 0 Å². The van der Waals surface area contributed by atoms with Crippen molar-refractivity contribution in [2.45, 2.75) is 19.6 Å². The Hall–Kier alpha value is -1.59. The normalized spacial score (nSPS) is 17.2. The lowest BCUT2D eigenvalue weighted by molar-refractivity contribution is -0.219. The SMILES string of the molecule is COC1(OC)CN(c2cc(C)c(C)c(C(=O)O)c2)C1. The lowest BCUT2D eigenvalue weighted by Crippen LogP contribution is -2.64. The molecule has 1 aromatic carbocycles. The maximum Gasteiger partial charge on any atom is 0.336 e. The average molecular weight is 265 g/mol. The van der Waals surface area contributed by atoms with E-state index in [0.29, 0.717) is 18.7 Å². The number of carboxylic acids is 1. The molecule has 1 aromatic rings. The Morgan fingerprint density at radius 3 is 2.32 bits per heavy atom. The zero-order chi connectivity index (χ0) is 14.2. The van der Waals surface area contributed by atoms with Gasteiger partial charge in [0, 0.05) is 19.9 Å². The third-order valence-electron chi connectivity index (χ3n) is 3.86. The van der Waals surface area contributed by atoms with Crippen molar-refractivity contribution in [1.29, 1.82) is 0 Å². The van der Waals surface area contributed by atoms with Crippen LogP contribution in [0.15, 0.2) is 12.1 Å². The van der Waals surface area contributed by atoms with Crippen LogP contribution in [0.5, 0.6) is 0 Å². The van der Waals surface area contributed by atoms with Crippen molar-refractivity contribution in [3.63, 3.8) is 0 Å². The van der Waals surface area contributed by atoms with Gasteiger partial charge in [-0.25, -0.2) is 4.79 Å². The summed E-state index contributed by atoms with van der Waals surface area (Å²) in [6, 6.07) is 3.71. The molecule has 0 amide bonds. The first-order valence-electron chi connectivity index (χ1n) is 6.12. The summed E-state index contributed by atoms with van der Waals surface area (Å²) in [4.78, 5) is 13.3. The van der Waals surface area contributed by atoms with E-state index in [-0.39, 0.29) is 0 Å². The Morgan fingerprint density at radius 2 is 1.84 bits per heavy atom. The predicted molar refractivity (Wildman–Crippen MR) is 71.8 cm³/mol. The van der Waals surface area contributed by atoms with Crippen molar-refractivity contribution < 1.29 is 19.4 Å². The van der Waals surface area contributed by atoms with Crippen LogP contribution in [-0.4, -0.2) is 44.2 Å². The zero-order valence-corrected chi connectivity index (χ0v) is 11.7. The van der Waals surface area contributed by atoms with Gasteiger partial charge in [-0.3, -0.25) is 0 Å². The number of ether oxygens (including phenoxy) is 2. The number of aryl methyl sites for hydroxylation is 1. The lowest BCUT2D eigenvalue weighted by atomic mass is 9.99. The number of carboxylic acid groups (broad SMARTS) is 1. The van der Waals surface area contributed by atoms with Crippen LogP contribution in [-0.2, 0) is 9.47 Å². The number of carbonyl (C=O) groups is 1. The van der Waals surface area contributed by atoms with Crippen LogP contribution in [0.3, 0.4) is 0 Å². The number of aromatic carboxylic acids is 1. The molecule has 1 fully saturated rings. The third-order valence-corrected chi connectivity index (χ3v) is 3.86. The second-order valence-corrected chi connectivity index (χ2v) is 4.92. The number of benzene rings is 1. The van der Waals surface area contributed by atoms with Gasteiger partial charge in [0.15, 0.2) is 0 Å². The van der Waals surface area contributed by atoms with Gasteiger partial charge in [0.05, 0.1) is 18.7 Å². The standard InChI is InChI=1S/C14H19NO4/c1-9-5-11(6-12(10(9)2)13(16)17)15-7-14(8-15,18-3)19-4/h5-6H,7-8H2,1-4H3,(H,16,17). The molecule has 0 aliphatic carbocycles. The molecule has 104 valence electrons. The smallest absolute Gasteiger partial charge is 0.336 e. The molecule has 0 radical (unpaired) electrons. The van der Waals surface area contributed by atoms with Crippen molar-refractivity contribution >= 4 is 11.7 Å². The minimum Gasteiger partial charge on any atom is -0.478 e. The Morgan fingerprint density at radius 1 is 1.26 bits per heavy atom. The van der Waals surface area contributed by atoms with Gasteiger partial charge in [-0.2, -0.15) is 0 Å². The summed E-state index contributed by atoms with van der Waals surface area (Å²) in [5.74, 6) is -1.46. The number of hydrogen-bond donors (Lipinski definition) is 1. The maximum atomic E-state index is 11.2. The van der Waals surface area contributed by atoms with Crippen LogP contribution < -0.4 is 4.90 Å². The van der Waals surface area contributed by atoms with E-state index in [1.807, 2.05) is 24.8 Å². The molecule has 1 N–H and O–H groups in total. The van der Waals surface area contributed by atoms with Gasteiger partial charge in [0.1, 0.15) is 0 Å². The summed E-state index contributed by atoms with van der Waals surface area (Å²) >= 11 is 0. The number of nitrogens with zero attached hydrogens (tertiary/aromatic N) is 1. The number of methoxy groups -OCH3 is 2. The van der Waals surface area contributed by atoms with Gasteiger partial charge in [0.25, 0.3) is 0 Å². The third kappa shape index (κ3) is 2.31. The highest BCUT2D eigenvalue weighted by Crippen LogP contribution is 2.32. The molecule has 0 aromatic heterocycles. The van der Waals surface area contributed by atoms with Crippen LogP contribution >= 0.6 is 0 Å². The molecule has 1 heterocycles. The molecule has 0 atom stereocenters. The molecule has 0 saturated carbocycles. The fourth-order valence-corrected chi connectivity index (χ4v) is 2.30. The number of anilines is 1. The van der Waals surface area contributed by atoms with Crippen LogP contribution in [0.25, 0.3) is 0 Å². The quantitative estimate of drug-likeness (QED) is 0.841. The van der Waals surface area contributed by atoms with E-state index in [0.717, 1.165) is 16.8 Å². The van der Waals surface area contributed by atoms with Gasteiger partial charge < -0.3 is 19.5 Å². The molecule has 0 unspecified atom stereocenters. The van der Waals surface area contributed by atoms with Crippen molar-refractivity contribution in [3.8, 4) is 0 Å². The van der Waals surface area contributed by atoms with E-state index in [9.17, 15) is 9.90 Å². The first kappa shape index (κ1) is 13.8. The highest BCUT2D eigenvalue weighted by atomic mass is 16.7. The van der Waals surface area contributed by atoms with Gasteiger partial charge in [-0.15, -0.1) is 0 Å². The second-order valence-electron chi connectivity index (χ2n) is 4.92. The fourth-order valence-electron chi connectivity index (χ4n) is 2.30. The van der Waals surface area contributed by atoms with Crippen molar-refractivity contribution in [2.75, 3.05) is 32.2 Å². The molecule has 1 aliphatic heterocycles. The molecule has 1 aliphatic rings. The molecule has 2 rings (SSSR count). The maximum absolute atomic E-state index is 11.2. The van der Waals surface area contributed by atoms with Gasteiger partial charge in [-0.05, 0) is 37.1 Å². The van der Waals surface area contributed by atoms with E-state index in [2.05, 4.69) is 0 Å². The highest BCUT2D eigenvalue weighted by molar-refractivity contribution is 5.91. The molecular formula is C14H19NO4. The topological polar surface area (TPSA) is 59.0 Å². The molecule has 1 saturated heterocycles. The molecule has 0 spiro atoms. The summed E-state index contributed by atoms with van der Waals surface area (Å²) in [6.45, 7) is 4.95. The summed E-state index contributed by atoms with van der Waals surface area (Å²) in [6.07, 6.45) is 0. The summed E-state index contributed by atoms with van der Waals surface area (Å²) in [7, 11) is 3.23. The summed E-state index contributed by atoms with van der Waals surface area (Å²) in [5.41, 5.74) is 3.02. The van der Waals surface area contributed by atoms with Gasteiger partial charge in [0.2, 0.25) is 5.79 Å². The Labute approximate surface area is 112 Å². The van der Waals surface area contributed by atoms with Gasteiger partial charge >= 0.3 is 5.97 Å². The first-order valence-corrected chi connectivity index (χ1v) is 6.12. The van der Waals surface area contributed by atoms with Crippen molar-refractivity contribution in [3.05, 3.63) is 28.8 Å². The number of hydrogen-bond acceptors (Lipinski definition) is 4. The Bertz CT molecular complexity index is 500. The minimum atomic E-state index is -0.896. The molecule has 19 heavy (non-hydrogen) atoms. The zero-order valence-electron chi connectivity index (χ0n) is 11.7. The van der Waals surface area contributed by atoms with Gasteiger partial charge in [-0.1, -0.05) is 0 Å². The minimum absolute atomic E-state index is 0.349.